The number of esters is 1. The molecule has 0 unspecified atom stereocenters. The second kappa shape index (κ2) is 16.3. The minimum atomic E-state index is -2.31. The van der Waals surface area contributed by atoms with Gasteiger partial charge in [0.05, 0.1) is 25.4 Å². The molecule has 8 nitrogen and oxygen atoms in total. The summed E-state index contributed by atoms with van der Waals surface area (Å²) in [7, 11) is -2.28. The maximum absolute atomic E-state index is 13.5. The van der Waals surface area contributed by atoms with Crippen LogP contribution in [0, 0.1) is 0 Å². The zero-order valence-electron chi connectivity index (χ0n) is 27.2. The van der Waals surface area contributed by atoms with Gasteiger partial charge in [0.25, 0.3) is 9.70 Å². The molecule has 3 aromatic rings. The molecule has 1 N–H and O–H groups in total. The van der Waals surface area contributed by atoms with Gasteiger partial charge < -0.3 is 28.7 Å². The average molecular weight is 723 g/mol. The summed E-state index contributed by atoms with van der Waals surface area (Å²) in [6.45, 7) is 11.1. The van der Waals surface area contributed by atoms with Crippen molar-refractivity contribution in [1.82, 2.24) is 5.32 Å². The van der Waals surface area contributed by atoms with Crippen LogP contribution in [0.15, 0.2) is 91.0 Å². The van der Waals surface area contributed by atoms with Crippen LogP contribution in [0.3, 0.4) is 0 Å². The Morgan fingerprint density at radius 1 is 0.766 bits per heavy atom. The van der Waals surface area contributed by atoms with E-state index < -0.39 is 54.6 Å². The predicted octanol–water partition coefficient (Wildman–Crippen LogP) is 7.62. The molecule has 0 saturated carbocycles. The van der Waals surface area contributed by atoms with E-state index in [-0.39, 0.29) is 24.9 Å². The van der Waals surface area contributed by atoms with E-state index in [1.54, 1.807) is 30.3 Å². The smallest absolute Gasteiger partial charge is 0.338 e. The van der Waals surface area contributed by atoms with Gasteiger partial charge in [-0.3, -0.25) is 4.79 Å². The molecule has 0 aromatic heterocycles. The number of hydrogen-bond donors (Lipinski definition) is 1. The molecule has 0 aliphatic carbocycles. The lowest BCUT2D eigenvalue weighted by Gasteiger charge is -2.47. The Bertz CT molecular complexity index is 1440. The Balaban J connectivity index is 1.76. The monoisotopic (exact) mass is 721 g/mol. The van der Waals surface area contributed by atoms with Gasteiger partial charge in [0.15, 0.2) is 20.6 Å². The number of carbonyl (C=O) groups excluding carboxylic acids is 2. The minimum Gasteiger partial charge on any atom is -0.451 e. The summed E-state index contributed by atoms with van der Waals surface area (Å²) in [6, 6.07) is 27.7. The first-order chi connectivity index (χ1) is 22.2. The summed E-state index contributed by atoms with van der Waals surface area (Å²) in [5, 5.41) is 2.54. The lowest BCUT2D eigenvalue weighted by Crippen LogP contribution is -2.66. The summed E-state index contributed by atoms with van der Waals surface area (Å²) in [5.74, 6) is -1.61. The van der Waals surface area contributed by atoms with Crippen LogP contribution in [0.1, 0.15) is 42.3 Å². The second-order valence-electron chi connectivity index (χ2n) is 12.9. The highest BCUT2D eigenvalue weighted by Crippen LogP contribution is 2.38. The highest BCUT2D eigenvalue weighted by molar-refractivity contribution is 6.76. The molecule has 1 aliphatic rings. The Hall–Kier alpha value is -2.47. The van der Waals surface area contributed by atoms with Crippen molar-refractivity contribution in [3.8, 4) is 0 Å². The van der Waals surface area contributed by atoms with Crippen LogP contribution in [0.4, 0.5) is 0 Å². The topological polar surface area (TPSA) is 92.3 Å². The van der Waals surface area contributed by atoms with Gasteiger partial charge in [-0.25, -0.2) is 4.79 Å². The van der Waals surface area contributed by atoms with Gasteiger partial charge in [-0.05, 0) is 41.4 Å². The van der Waals surface area contributed by atoms with Crippen LogP contribution < -0.4 is 5.32 Å². The number of amides is 1. The SMILES string of the molecule is CC(C)(C)[Si](C)(C)OC[C@H]1O[C@H](NC(=O)C(Cl)(Cl)Cl)[C@@H](OC(=O)c2ccccc2)[C@@H](OCc2ccccc2)[C@@H]1OCc1ccccc1. The molecule has 4 rings (SSSR count). The fourth-order valence-corrected chi connectivity index (χ4v) is 5.88. The van der Waals surface area contributed by atoms with Gasteiger partial charge >= 0.3 is 5.97 Å². The van der Waals surface area contributed by atoms with Crippen molar-refractivity contribution in [3.05, 3.63) is 108 Å². The third kappa shape index (κ3) is 10.5. The van der Waals surface area contributed by atoms with E-state index in [0.717, 1.165) is 11.1 Å². The lowest BCUT2D eigenvalue weighted by atomic mass is 9.96. The van der Waals surface area contributed by atoms with E-state index >= 15 is 0 Å². The molecule has 0 radical (unpaired) electrons. The Morgan fingerprint density at radius 2 is 1.26 bits per heavy atom. The normalized spacial score (nSPS) is 22.0. The number of rotatable bonds is 12. The summed E-state index contributed by atoms with van der Waals surface area (Å²) < 4.78 is 30.0. The van der Waals surface area contributed by atoms with Crippen LogP contribution >= 0.6 is 34.8 Å². The third-order valence-electron chi connectivity index (χ3n) is 8.40. The molecule has 12 heteroatoms. The largest absolute Gasteiger partial charge is 0.451 e. The molecule has 5 atom stereocenters. The van der Waals surface area contributed by atoms with Crippen molar-refractivity contribution < 1.29 is 33.0 Å². The minimum absolute atomic E-state index is 0.0951. The standard InChI is InChI=1S/C35H42Cl3NO7Si/c1-34(2,3)47(4,5)44-23-27-28(42-21-24-15-9-6-10-16-24)29(43-22-25-17-11-7-12-18-25)30(31(45-27)39-33(41)35(36,37)38)46-32(40)26-19-13-8-14-20-26/h6-20,27-31H,21-23H2,1-5H3,(H,39,41)/t27-,28-,29+,30+,31+/m1/s1. The van der Waals surface area contributed by atoms with E-state index in [0.29, 0.717) is 5.56 Å². The number of carbonyl (C=O) groups is 2. The molecule has 0 bridgehead atoms. The summed E-state index contributed by atoms with van der Waals surface area (Å²) >= 11 is 17.9. The first kappa shape index (κ1) is 37.3. The van der Waals surface area contributed by atoms with Crippen LogP contribution in [0.2, 0.25) is 18.1 Å². The first-order valence-corrected chi connectivity index (χ1v) is 19.4. The fourth-order valence-electron chi connectivity index (χ4n) is 4.70. The number of hydrogen-bond acceptors (Lipinski definition) is 7. The zero-order chi connectivity index (χ0) is 34.2. The molecule has 1 fully saturated rings. The lowest BCUT2D eigenvalue weighted by molar-refractivity contribution is -0.261. The van der Waals surface area contributed by atoms with E-state index in [9.17, 15) is 9.59 Å². The molecule has 1 amide bonds. The third-order valence-corrected chi connectivity index (χ3v) is 13.4. The maximum atomic E-state index is 13.5. The van der Waals surface area contributed by atoms with Crippen molar-refractivity contribution in [2.75, 3.05) is 6.61 Å². The van der Waals surface area contributed by atoms with Gasteiger partial charge in [-0.1, -0.05) is 134 Å². The average Bonchev–Trinajstić information content (AvgIpc) is 3.03. The first-order valence-electron chi connectivity index (χ1n) is 15.4. The van der Waals surface area contributed by atoms with Crippen molar-refractivity contribution in [3.63, 3.8) is 0 Å². The van der Waals surface area contributed by atoms with E-state index in [1.165, 1.54) is 0 Å². The molecule has 1 saturated heterocycles. The second-order valence-corrected chi connectivity index (χ2v) is 20.0. The predicted molar refractivity (Wildman–Crippen MR) is 186 cm³/mol. The van der Waals surface area contributed by atoms with Crippen molar-refractivity contribution in [2.45, 2.75) is 86.6 Å². The Kier molecular flexibility index (Phi) is 12.9. The highest BCUT2D eigenvalue weighted by atomic mass is 35.6. The fraction of sp³-hybridized carbons (Fsp3) is 0.429. The van der Waals surface area contributed by atoms with Crippen molar-refractivity contribution in [2.24, 2.45) is 0 Å². The molecular formula is C35H42Cl3NO7Si. The van der Waals surface area contributed by atoms with Gasteiger partial charge in [-0.15, -0.1) is 0 Å². The van der Waals surface area contributed by atoms with Gasteiger partial charge in [0.2, 0.25) is 0 Å². The zero-order valence-corrected chi connectivity index (χ0v) is 30.4. The Labute approximate surface area is 293 Å². The van der Waals surface area contributed by atoms with Gasteiger partial charge in [-0.2, -0.15) is 0 Å². The number of alkyl halides is 3. The quantitative estimate of drug-likeness (QED) is 0.117. The van der Waals surface area contributed by atoms with Crippen molar-refractivity contribution in [1.29, 1.82) is 0 Å². The van der Waals surface area contributed by atoms with Crippen LogP contribution in [-0.4, -0.2) is 61.2 Å². The van der Waals surface area contributed by atoms with E-state index in [4.69, 9.17) is 58.2 Å². The maximum Gasteiger partial charge on any atom is 0.338 e. The summed E-state index contributed by atoms with van der Waals surface area (Å²) in [4.78, 5) is 26.6. The van der Waals surface area contributed by atoms with Crippen LogP contribution in [0.5, 0.6) is 0 Å². The van der Waals surface area contributed by atoms with Crippen LogP contribution in [0.25, 0.3) is 0 Å². The molecule has 1 heterocycles. The van der Waals surface area contributed by atoms with Gasteiger partial charge in [0, 0.05) is 0 Å². The number of ether oxygens (including phenoxy) is 4. The summed E-state index contributed by atoms with van der Waals surface area (Å²) in [6.07, 6.45) is -5.03. The van der Waals surface area contributed by atoms with Crippen LogP contribution in [-0.2, 0) is 41.4 Å². The summed E-state index contributed by atoms with van der Waals surface area (Å²) in [5.41, 5.74) is 2.10. The molecule has 1 aliphatic heterocycles. The Morgan fingerprint density at radius 3 is 1.74 bits per heavy atom. The molecular weight excluding hydrogens is 681 g/mol. The molecule has 3 aromatic carbocycles. The van der Waals surface area contributed by atoms with E-state index in [1.807, 2.05) is 60.7 Å². The molecule has 47 heavy (non-hydrogen) atoms. The van der Waals surface area contributed by atoms with Gasteiger partial charge in [0.1, 0.15) is 18.3 Å². The number of nitrogens with one attached hydrogen (secondary N) is 1. The molecule has 254 valence electrons. The number of halogens is 3. The number of benzene rings is 3. The van der Waals surface area contributed by atoms with Crippen molar-refractivity contribution >= 4 is 55.0 Å². The van der Waals surface area contributed by atoms with E-state index in [2.05, 4.69) is 39.2 Å². The highest BCUT2D eigenvalue weighted by Gasteiger charge is 2.52. The molecule has 0 spiro atoms.